The summed E-state index contributed by atoms with van der Waals surface area (Å²) < 4.78 is 0. The van der Waals surface area contributed by atoms with Crippen molar-refractivity contribution in [2.45, 2.75) is 9.79 Å². The number of nitrogens with zero attached hydrogens (tertiary/aromatic N) is 2. The summed E-state index contributed by atoms with van der Waals surface area (Å²) in [6.07, 6.45) is 1.62. The zero-order valence-electron chi connectivity index (χ0n) is 7.52. The van der Waals surface area contributed by atoms with E-state index in [1.54, 1.807) is 6.20 Å². The highest BCUT2D eigenvalue weighted by Crippen LogP contribution is 2.31. The van der Waals surface area contributed by atoms with E-state index in [9.17, 15) is 0 Å². The van der Waals surface area contributed by atoms with E-state index in [0.29, 0.717) is 5.15 Å². The van der Waals surface area contributed by atoms with Crippen molar-refractivity contribution in [3.8, 4) is 0 Å². The van der Waals surface area contributed by atoms with Crippen LogP contribution in [0.25, 0.3) is 0 Å². The Morgan fingerprint density at radius 3 is 2.47 bits per heavy atom. The molecule has 0 fully saturated rings. The van der Waals surface area contributed by atoms with Crippen molar-refractivity contribution in [1.82, 2.24) is 9.97 Å². The molecule has 0 unspecified atom stereocenters. The SMILES string of the molecule is Clc1ncc(Sc2ccccc2)c(Cl)n1. The van der Waals surface area contributed by atoms with Gasteiger partial charge in [-0.15, -0.1) is 0 Å². The van der Waals surface area contributed by atoms with Gasteiger partial charge in [0, 0.05) is 11.1 Å². The molecule has 2 aromatic rings. The maximum atomic E-state index is 5.92. The second kappa shape index (κ2) is 4.84. The third-order valence-electron chi connectivity index (χ3n) is 1.65. The van der Waals surface area contributed by atoms with Crippen molar-refractivity contribution in [2.24, 2.45) is 0 Å². The molecule has 0 spiro atoms. The van der Waals surface area contributed by atoms with Crippen LogP contribution in [0.1, 0.15) is 0 Å². The van der Waals surface area contributed by atoms with Crippen LogP contribution in [0.4, 0.5) is 0 Å². The van der Waals surface area contributed by atoms with Crippen molar-refractivity contribution in [2.75, 3.05) is 0 Å². The summed E-state index contributed by atoms with van der Waals surface area (Å²) in [5.74, 6) is 0. The van der Waals surface area contributed by atoms with Crippen LogP contribution in [0, 0.1) is 0 Å². The minimum Gasteiger partial charge on any atom is -0.225 e. The van der Waals surface area contributed by atoms with Gasteiger partial charge in [0.25, 0.3) is 0 Å². The van der Waals surface area contributed by atoms with Crippen LogP contribution in [0.3, 0.4) is 0 Å². The predicted molar refractivity (Wildman–Crippen MR) is 62.6 cm³/mol. The monoisotopic (exact) mass is 256 g/mol. The van der Waals surface area contributed by atoms with Gasteiger partial charge in [0.15, 0.2) is 0 Å². The Hall–Kier alpha value is -0.770. The lowest BCUT2D eigenvalue weighted by atomic mass is 10.4. The zero-order valence-corrected chi connectivity index (χ0v) is 9.85. The molecule has 1 aromatic carbocycles. The Labute approximate surface area is 102 Å². The maximum Gasteiger partial charge on any atom is 0.223 e. The smallest absolute Gasteiger partial charge is 0.223 e. The molecule has 15 heavy (non-hydrogen) atoms. The van der Waals surface area contributed by atoms with Gasteiger partial charge in [-0.25, -0.2) is 9.97 Å². The number of hydrogen-bond donors (Lipinski definition) is 0. The van der Waals surface area contributed by atoms with Crippen molar-refractivity contribution in [3.05, 3.63) is 47.0 Å². The van der Waals surface area contributed by atoms with Crippen LogP contribution in [0.5, 0.6) is 0 Å². The van der Waals surface area contributed by atoms with Gasteiger partial charge in [-0.2, -0.15) is 0 Å². The molecule has 0 aliphatic carbocycles. The first-order valence-electron chi connectivity index (χ1n) is 4.16. The highest BCUT2D eigenvalue weighted by atomic mass is 35.5. The lowest BCUT2D eigenvalue weighted by Crippen LogP contribution is -1.85. The minimum atomic E-state index is 0.164. The fourth-order valence-electron chi connectivity index (χ4n) is 1.01. The third-order valence-corrected chi connectivity index (χ3v) is 3.26. The van der Waals surface area contributed by atoms with Gasteiger partial charge in [0.05, 0.1) is 4.90 Å². The molecule has 1 heterocycles. The molecule has 2 rings (SSSR count). The van der Waals surface area contributed by atoms with E-state index in [0.717, 1.165) is 9.79 Å². The lowest BCUT2D eigenvalue weighted by Gasteiger charge is -2.02. The number of aromatic nitrogens is 2. The second-order valence-electron chi connectivity index (χ2n) is 2.71. The van der Waals surface area contributed by atoms with Crippen molar-refractivity contribution in [1.29, 1.82) is 0 Å². The van der Waals surface area contributed by atoms with Crippen LogP contribution < -0.4 is 0 Å². The average Bonchev–Trinajstić information content (AvgIpc) is 2.24. The number of halogens is 2. The molecule has 0 saturated heterocycles. The Morgan fingerprint density at radius 1 is 1.07 bits per heavy atom. The molecular formula is C10H6Cl2N2S. The van der Waals surface area contributed by atoms with Gasteiger partial charge >= 0.3 is 0 Å². The largest absolute Gasteiger partial charge is 0.225 e. The Kier molecular flexibility index (Phi) is 3.46. The van der Waals surface area contributed by atoms with Crippen LogP contribution >= 0.6 is 35.0 Å². The Bertz CT molecular complexity index is 462. The summed E-state index contributed by atoms with van der Waals surface area (Å²) >= 11 is 13.0. The van der Waals surface area contributed by atoms with Gasteiger partial charge < -0.3 is 0 Å². The second-order valence-corrected chi connectivity index (χ2v) is 4.52. The average molecular weight is 257 g/mol. The van der Waals surface area contributed by atoms with E-state index in [-0.39, 0.29) is 5.28 Å². The standard InChI is InChI=1S/C10H6Cl2N2S/c11-9-8(6-13-10(12)14-9)15-7-4-2-1-3-5-7/h1-6H. The van der Waals surface area contributed by atoms with E-state index in [1.807, 2.05) is 30.3 Å². The highest BCUT2D eigenvalue weighted by Gasteiger charge is 2.05. The number of benzene rings is 1. The first kappa shape index (κ1) is 10.7. The summed E-state index contributed by atoms with van der Waals surface area (Å²) in [7, 11) is 0. The molecule has 0 aliphatic heterocycles. The van der Waals surface area contributed by atoms with Crippen molar-refractivity contribution in [3.63, 3.8) is 0 Å². The normalized spacial score (nSPS) is 10.3. The molecule has 0 saturated carbocycles. The van der Waals surface area contributed by atoms with Crippen molar-refractivity contribution >= 4 is 35.0 Å². The van der Waals surface area contributed by atoms with Crippen LogP contribution in [0.2, 0.25) is 10.4 Å². The summed E-state index contributed by atoms with van der Waals surface area (Å²) in [6.45, 7) is 0. The summed E-state index contributed by atoms with van der Waals surface area (Å²) in [6, 6.07) is 9.88. The summed E-state index contributed by atoms with van der Waals surface area (Å²) in [5.41, 5.74) is 0. The number of hydrogen-bond acceptors (Lipinski definition) is 3. The molecule has 0 radical (unpaired) electrons. The Morgan fingerprint density at radius 2 is 1.80 bits per heavy atom. The topological polar surface area (TPSA) is 25.8 Å². The van der Waals surface area contributed by atoms with Gasteiger partial charge in [0.1, 0.15) is 5.15 Å². The van der Waals surface area contributed by atoms with E-state index in [4.69, 9.17) is 23.2 Å². The van der Waals surface area contributed by atoms with Crippen LogP contribution in [0.15, 0.2) is 46.3 Å². The Balaban J connectivity index is 2.25. The fraction of sp³-hybridized carbons (Fsp3) is 0. The molecule has 0 bridgehead atoms. The molecule has 0 atom stereocenters. The summed E-state index contributed by atoms with van der Waals surface area (Å²) in [4.78, 5) is 9.64. The minimum absolute atomic E-state index is 0.164. The van der Waals surface area contributed by atoms with E-state index in [1.165, 1.54) is 11.8 Å². The van der Waals surface area contributed by atoms with Gasteiger partial charge in [0.2, 0.25) is 5.28 Å². The molecule has 1 aromatic heterocycles. The van der Waals surface area contributed by atoms with E-state index in [2.05, 4.69) is 9.97 Å². The van der Waals surface area contributed by atoms with E-state index >= 15 is 0 Å². The zero-order chi connectivity index (χ0) is 10.7. The molecule has 0 N–H and O–H groups in total. The molecule has 2 nitrogen and oxygen atoms in total. The summed E-state index contributed by atoms with van der Waals surface area (Å²) in [5, 5.41) is 0.543. The molecule has 5 heteroatoms. The third kappa shape index (κ3) is 2.84. The van der Waals surface area contributed by atoms with Gasteiger partial charge in [-0.05, 0) is 23.7 Å². The highest BCUT2D eigenvalue weighted by molar-refractivity contribution is 7.99. The van der Waals surface area contributed by atoms with Crippen molar-refractivity contribution < 1.29 is 0 Å². The molecular weight excluding hydrogens is 251 g/mol. The maximum absolute atomic E-state index is 5.92. The van der Waals surface area contributed by atoms with Crippen LogP contribution in [-0.4, -0.2) is 9.97 Å². The molecule has 76 valence electrons. The van der Waals surface area contributed by atoms with Gasteiger partial charge in [-0.3, -0.25) is 0 Å². The lowest BCUT2D eigenvalue weighted by molar-refractivity contribution is 1.10. The molecule has 0 amide bonds. The van der Waals surface area contributed by atoms with Crippen LogP contribution in [-0.2, 0) is 0 Å². The predicted octanol–water partition coefficient (Wildman–Crippen LogP) is 3.93. The fourth-order valence-corrected chi connectivity index (χ4v) is 2.22. The molecule has 0 aliphatic rings. The quantitative estimate of drug-likeness (QED) is 0.602. The van der Waals surface area contributed by atoms with Gasteiger partial charge in [-0.1, -0.05) is 41.6 Å². The first-order valence-corrected chi connectivity index (χ1v) is 5.74. The first-order chi connectivity index (χ1) is 7.25. The van der Waals surface area contributed by atoms with E-state index < -0.39 is 0 Å². The number of rotatable bonds is 2.